The second-order valence-electron chi connectivity index (χ2n) is 5.17. The van der Waals surface area contributed by atoms with Crippen LogP contribution in [0.1, 0.15) is 41.5 Å². The Morgan fingerprint density at radius 3 is 2.85 bits per heavy atom. The standard InChI is InChI=1S/C16H18N2O2/c1-3-12-10-15(18(2)17-12)16(19)11-5-4-6-14(9-11)20-13-7-8-13/h4-6,9-10,13H,3,7-8H2,1-2H3. The Morgan fingerprint density at radius 2 is 2.20 bits per heavy atom. The topological polar surface area (TPSA) is 44.1 Å². The maximum absolute atomic E-state index is 12.5. The van der Waals surface area contributed by atoms with Gasteiger partial charge < -0.3 is 4.74 Å². The summed E-state index contributed by atoms with van der Waals surface area (Å²) in [6, 6.07) is 9.26. The van der Waals surface area contributed by atoms with Crippen molar-refractivity contribution in [2.24, 2.45) is 7.05 Å². The van der Waals surface area contributed by atoms with Crippen LogP contribution in [0.3, 0.4) is 0 Å². The minimum atomic E-state index is -0.0130. The van der Waals surface area contributed by atoms with E-state index in [4.69, 9.17) is 4.74 Å². The molecule has 1 heterocycles. The van der Waals surface area contributed by atoms with Crippen LogP contribution < -0.4 is 4.74 Å². The van der Waals surface area contributed by atoms with Gasteiger partial charge in [-0.3, -0.25) is 9.48 Å². The molecular formula is C16H18N2O2. The second kappa shape index (κ2) is 5.12. The summed E-state index contributed by atoms with van der Waals surface area (Å²) in [5, 5.41) is 4.32. The minimum absolute atomic E-state index is 0.0130. The molecule has 1 aliphatic carbocycles. The molecule has 0 amide bonds. The number of hydrogen-bond donors (Lipinski definition) is 0. The minimum Gasteiger partial charge on any atom is -0.490 e. The lowest BCUT2D eigenvalue weighted by Gasteiger charge is -2.06. The summed E-state index contributed by atoms with van der Waals surface area (Å²) in [7, 11) is 1.80. The molecule has 3 rings (SSSR count). The molecule has 0 bridgehead atoms. The van der Waals surface area contributed by atoms with Gasteiger partial charge in [0.15, 0.2) is 0 Å². The van der Waals surface area contributed by atoms with Crippen molar-refractivity contribution < 1.29 is 9.53 Å². The van der Waals surface area contributed by atoms with Gasteiger partial charge in [0.2, 0.25) is 5.78 Å². The van der Waals surface area contributed by atoms with Gasteiger partial charge in [-0.2, -0.15) is 5.10 Å². The quantitative estimate of drug-likeness (QED) is 0.785. The van der Waals surface area contributed by atoms with E-state index >= 15 is 0 Å². The highest BCUT2D eigenvalue weighted by molar-refractivity contribution is 6.08. The lowest BCUT2D eigenvalue weighted by atomic mass is 10.1. The summed E-state index contributed by atoms with van der Waals surface area (Å²) in [4.78, 5) is 12.5. The van der Waals surface area contributed by atoms with Crippen LogP contribution in [0.15, 0.2) is 30.3 Å². The molecule has 0 radical (unpaired) electrons. The molecule has 2 aromatic rings. The van der Waals surface area contributed by atoms with Gasteiger partial charge in [-0.15, -0.1) is 0 Å². The molecule has 1 saturated carbocycles. The molecule has 4 nitrogen and oxygen atoms in total. The molecule has 0 aliphatic heterocycles. The van der Waals surface area contributed by atoms with Crippen molar-refractivity contribution in [3.8, 4) is 5.75 Å². The fourth-order valence-electron chi connectivity index (χ4n) is 2.15. The third-order valence-electron chi connectivity index (χ3n) is 3.45. The maximum atomic E-state index is 12.5. The highest BCUT2D eigenvalue weighted by Gasteiger charge is 2.24. The first-order valence-electron chi connectivity index (χ1n) is 7.01. The Labute approximate surface area is 118 Å². The molecule has 104 valence electrons. The lowest BCUT2D eigenvalue weighted by molar-refractivity contribution is 0.102. The fourth-order valence-corrected chi connectivity index (χ4v) is 2.15. The van der Waals surface area contributed by atoms with Crippen LogP contribution in [0.4, 0.5) is 0 Å². The molecule has 0 spiro atoms. The van der Waals surface area contributed by atoms with Crippen LogP contribution in [0, 0.1) is 0 Å². The van der Waals surface area contributed by atoms with E-state index in [0.29, 0.717) is 17.4 Å². The maximum Gasteiger partial charge on any atom is 0.211 e. The highest BCUT2D eigenvalue weighted by atomic mass is 16.5. The monoisotopic (exact) mass is 270 g/mol. The molecule has 1 aliphatic rings. The van der Waals surface area contributed by atoms with Gasteiger partial charge in [0.25, 0.3) is 0 Å². The first-order chi connectivity index (χ1) is 9.67. The van der Waals surface area contributed by atoms with Crippen molar-refractivity contribution in [2.45, 2.75) is 32.3 Å². The van der Waals surface area contributed by atoms with Gasteiger partial charge in [-0.05, 0) is 37.5 Å². The Morgan fingerprint density at radius 1 is 1.40 bits per heavy atom. The molecule has 0 unspecified atom stereocenters. The van der Waals surface area contributed by atoms with Crippen molar-refractivity contribution in [2.75, 3.05) is 0 Å². The number of nitrogens with zero attached hydrogens (tertiary/aromatic N) is 2. The summed E-state index contributed by atoms with van der Waals surface area (Å²) in [6.07, 6.45) is 3.38. The number of hydrogen-bond acceptors (Lipinski definition) is 3. The van der Waals surface area contributed by atoms with Crippen LogP contribution in [-0.4, -0.2) is 21.7 Å². The Kier molecular flexibility index (Phi) is 3.30. The zero-order valence-corrected chi connectivity index (χ0v) is 11.8. The number of aryl methyl sites for hydroxylation is 2. The van der Waals surface area contributed by atoms with E-state index in [1.165, 1.54) is 0 Å². The van der Waals surface area contributed by atoms with E-state index in [9.17, 15) is 4.79 Å². The van der Waals surface area contributed by atoms with Crippen molar-refractivity contribution in [1.29, 1.82) is 0 Å². The van der Waals surface area contributed by atoms with Crippen LogP contribution in [0.25, 0.3) is 0 Å². The highest BCUT2D eigenvalue weighted by Crippen LogP contribution is 2.27. The van der Waals surface area contributed by atoms with Crippen molar-refractivity contribution in [3.63, 3.8) is 0 Å². The number of ether oxygens (including phenoxy) is 1. The number of carbonyl (C=O) groups is 1. The van der Waals surface area contributed by atoms with Gasteiger partial charge in [0, 0.05) is 12.6 Å². The zero-order chi connectivity index (χ0) is 14.1. The van der Waals surface area contributed by atoms with E-state index in [1.807, 2.05) is 37.3 Å². The predicted molar refractivity (Wildman–Crippen MR) is 76.1 cm³/mol. The number of ketones is 1. The first kappa shape index (κ1) is 12.9. The van der Waals surface area contributed by atoms with E-state index in [-0.39, 0.29) is 5.78 Å². The number of carbonyl (C=O) groups excluding carboxylic acids is 1. The van der Waals surface area contributed by atoms with E-state index in [0.717, 1.165) is 30.7 Å². The molecule has 1 aromatic heterocycles. The van der Waals surface area contributed by atoms with E-state index in [1.54, 1.807) is 11.7 Å². The van der Waals surface area contributed by atoms with Crippen molar-refractivity contribution in [1.82, 2.24) is 9.78 Å². The van der Waals surface area contributed by atoms with Crippen molar-refractivity contribution in [3.05, 3.63) is 47.3 Å². The molecule has 1 fully saturated rings. The Balaban J connectivity index is 1.86. The second-order valence-corrected chi connectivity index (χ2v) is 5.17. The molecule has 1 aromatic carbocycles. The van der Waals surface area contributed by atoms with Crippen LogP contribution in [-0.2, 0) is 13.5 Å². The average molecular weight is 270 g/mol. The summed E-state index contributed by atoms with van der Waals surface area (Å²) in [5.41, 5.74) is 2.19. The smallest absolute Gasteiger partial charge is 0.211 e. The third-order valence-corrected chi connectivity index (χ3v) is 3.45. The van der Waals surface area contributed by atoms with Gasteiger partial charge >= 0.3 is 0 Å². The molecular weight excluding hydrogens is 252 g/mol. The van der Waals surface area contributed by atoms with Crippen LogP contribution >= 0.6 is 0 Å². The first-order valence-corrected chi connectivity index (χ1v) is 7.01. The van der Waals surface area contributed by atoms with Crippen molar-refractivity contribution >= 4 is 5.78 Å². The number of aromatic nitrogens is 2. The summed E-state index contributed by atoms with van der Waals surface area (Å²) < 4.78 is 7.38. The van der Waals surface area contributed by atoms with Gasteiger partial charge in [-0.25, -0.2) is 0 Å². The summed E-state index contributed by atoms with van der Waals surface area (Å²) in [6.45, 7) is 2.03. The van der Waals surface area contributed by atoms with E-state index in [2.05, 4.69) is 5.10 Å². The summed E-state index contributed by atoms with van der Waals surface area (Å²) >= 11 is 0. The van der Waals surface area contributed by atoms with Crippen LogP contribution in [0.5, 0.6) is 5.75 Å². The molecule has 20 heavy (non-hydrogen) atoms. The summed E-state index contributed by atoms with van der Waals surface area (Å²) in [5.74, 6) is 0.761. The van der Waals surface area contributed by atoms with Gasteiger partial charge in [-0.1, -0.05) is 19.1 Å². The van der Waals surface area contributed by atoms with Crippen LogP contribution in [0.2, 0.25) is 0 Å². The molecule has 0 saturated heterocycles. The largest absolute Gasteiger partial charge is 0.490 e. The Bertz CT molecular complexity index is 642. The average Bonchev–Trinajstić information content (AvgIpc) is 3.18. The SMILES string of the molecule is CCc1cc(C(=O)c2cccc(OC3CC3)c2)n(C)n1. The molecule has 0 atom stereocenters. The van der Waals surface area contributed by atoms with Gasteiger partial charge in [0.05, 0.1) is 11.8 Å². The zero-order valence-electron chi connectivity index (χ0n) is 11.8. The number of benzene rings is 1. The predicted octanol–water partition coefficient (Wildman–Crippen LogP) is 2.75. The van der Waals surface area contributed by atoms with Gasteiger partial charge in [0.1, 0.15) is 11.4 Å². The molecule has 0 N–H and O–H groups in total. The normalized spacial score (nSPS) is 14.3. The number of rotatable bonds is 5. The fraction of sp³-hybridized carbons (Fsp3) is 0.375. The third kappa shape index (κ3) is 2.59. The molecule has 4 heteroatoms. The van der Waals surface area contributed by atoms with E-state index < -0.39 is 0 Å². The lowest BCUT2D eigenvalue weighted by Crippen LogP contribution is -2.08. The Hall–Kier alpha value is -2.10.